The molecule has 0 aromatic heterocycles. The van der Waals surface area contributed by atoms with Crippen LogP contribution in [0.4, 0.5) is 0 Å². The van der Waals surface area contributed by atoms with E-state index in [4.69, 9.17) is 10.5 Å². The summed E-state index contributed by atoms with van der Waals surface area (Å²) in [5.41, 5.74) is 6.18. The van der Waals surface area contributed by atoms with E-state index in [-0.39, 0.29) is 12.6 Å². The lowest BCUT2D eigenvalue weighted by Gasteiger charge is -2.20. The third kappa shape index (κ3) is 3.68. The first-order chi connectivity index (χ1) is 9.11. The monoisotopic (exact) mass is 264 g/mol. The number of methoxy groups -OCH3 is 1. The number of hydrogen-bond donors (Lipinski definition) is 3. The molecule has 1 aromatic carbocycles. The molecule has 1 amide bonds. The number of primary amides is 1. The van der Waals surface area contributed by atoms with Crippen LogP contribution in [0.5, 0.6) is 5.75 Å². The van der Waals surface area contributed by atoms with E-state index in [0.29, 0.717) is 5.92 Å². The molecule has 0 radical (unpaired) electrons. The number of benzene rings is 1. The minimum Gasteiger partial charge on any atom is -0.497 e. The number of aliphatic hydroxyl groups excluding tert-OH is 1. The van der Waals surface area contributed by atoms with E-state index < -0.39 is 12.0 Å². The van der Waals surface area contributed by atoms with Crippen LogP contribution in [0.1, 0.15) is 24.4 Å². The molecule has 4 N–H and O–H groups in total. The molecule has 0 heterocycles. The van der Waals surface area contributed by atoms with Crippen LogP contribution >= 0.6 is 0 Å². The molecule has 5 heteroatoms. The largest absolute Gasteiger partial charge is 0.497 e. The zero-order chi connectivity index (χ0) is 13.8. The Labute approximate surface area is 112 Å². The lowest BCUT2D eigenvalue weighted by molar-refractivity contribution is -0.125. The quantitative estimate of drug-likeness (QED) is 0.672. The summed E-state index contributed by atoms with van der Waals surface area (Å²) >= 11 is 0. The third-order valence-electron chi connectivity index (χ3n) is 3.43. The number of ether oxygens (including phenoxy) is 1. The van der Waals surface area contributed by atoms with Crippen molar-refractivity contribution in [2.24, 2.45) is 11.7 Å². The molecule has 104 valence electrons. The second kappa shape index (κ2) is 6.04. The fourth-order valence-corrected chi connectivity index (χ4v) is 2.14. The van der Waals surface area contributed by atoms with Crippen molar-refractivity contribution in [2.75, 3.05) is 13.7 Å². The summed E-state index contributed by atoms with van der Waals surface area (Å²) in [4.78, 5) is 10.8. The Bertz CT molecular complexity index is 429. The highest BCUT2D eigenvalue weighted by Crippen LogP contribution is 2.41. The van der Waals surface area contributed by atoms with Crippen molar-refractivity contribution >= 4 is 5.91 Å². The predicted molar refractivity (Wildman–Crippen MR) is 71.7 cm³/mol. The molecule has 1 aromatic rings. The van der Waals surface area contributed by atoms with E-state index in [9.17, 15) is 9.90 Å². The first kappa shape index (κ1) is 13.8. The molecular weight excluding hydrogens is 244 g/mol. The molecule has 0 saturated heterocycles. The van der Waals surface area contributed by atoms with Crippen molar-refractivity contribution in [1.29, 1.82) is 0 Å². The zero-order valence-corrected chi connectivity index (χ0v) is 11.0. The van der Waals surface area contributed by atoms with Gasteiger partial charge in [-0.1, -0.05) is 12.1 Å². The Kier molecular flexibility index (Phi) is 4.39. The SMILES string of the molecule is COc1ccc(C(NCC(O)C(N)=O)C2CC2)cc1. The van der Waals surface area contributed by atoms with Crippen molar-refractivity contribution in [3.63, 3.8) is 0 Å². The summed E-state index contributed by atoms with van der Waals surface area (Å²) in [6.07, 6.45) is 1.19. The van der Waals surface area contributed by atoms with Gasteiger partial charge in [-0.25, -0.2) is 0 Å². The Hall–Kier alpha value is -1.59. The second-order valence-electron chi connectivity index (χ2n) is 4.91. The van der Waals surface area contributed by atoms with Gasteiger partial charge in [-0.2, -0.15) is 0 Å². The first-order valence-electron chi connectivity index (χ1n) is 6.46. The Morgan fingerprint density at radius 2 is 2.11 bits per heavy atom. The maximum Gasteiger partial charge on any atom is 0.247 e. The van der Waals surface area contributed by atoms with Crippen molar-refractivity contribution < 1.29 is 14.6 Å². The molecule has 19 heavy (non-hydrogen) atoms. The van der Waals surface area contributed by atoms with Gasteiger partial charge in [-0.3, -0.25) is 4.79 Å². The van der Waals surface area contributed by atoms with Gasteiger partial charge in [-0.15, -0.1) is 0 Å². The fourth-order valence-electron chi connectivity index (χ4n) is 2.14. The molecule has 2 unspecified atom stereocenters. The molecule has 2 atom stereocenters. The standard InChI is InChI=1S/C14H20N2O3/c1-19-11-6-4-10(5-7-11)13(9-2-3-9)16-8-12(17)14(15)18/h4-7,9,12-13,16-17H,2-3,8H2,1H3,(H2,15,18). The molecular formula is C14H20N2O3. The zero-order valence-electron chi connectivity index (χ0n) is 11.0. The van der Waals surface area contributed by atoms with E-state index in [1.807, 2.05) is 24.3 Å². The van der Waals surface area contributed by atoms with E-state index in [1.54, 1.807) is 7.11 Å². The second-order valence-corrected chi connectivity index (χ2v) is 4.91. The molecule has 5 nitrogen and oxygen atoms in total. The van der Waals surface area contributed by atoms with Crippen molar-refractivity contribution in [2.45, 2.75) is 25.0 Å². The lowest BCUT2D eigenvalue weighted by atomic mass is 10.0. The van der Waals surface area contributed by atoms with Crippen LogP contribution in [0, 0.1) is 5.92 Å². The van der Waals surface area contributed by atoms with Crippen molar-refractivity contribution in [3.05, 3.63) is 29.8 Å². The highest BCUT2D eigenvalue weighted by Gasteiger charge is 2.32. The fraction of sp³-hybridized carbons (Fsp3) is 0.500. The lowest BCUT2D eigenvalue weighted by Crippen LogP contribution is -2.39. The average molecular weight is 264 g/mol. The van der Waals surface area contributed by atoms with Crippen LogP contribution in [-0.4, -0.2) is 30.8 Å². The number of amides is 1. The molecule has 2 rings (SSSR count). The van der Waals surface area contributed by atoms with Crippen LogP contribution in [0.2, 0.25) is 0 Å². The van der Waals surface area contributed by atoms with E-state index in [0.717, 1.165) is 24.2 Å². The number of hydrogen-bond acceptors (Lipinski definition) is 4. The number of rotatable bonds is 7. The van der Waals surface area contributed by atoms with E-state index >= 15 is 0 Å². The predicted octanol–water partition coefficient (Wildman–Crippen LogP) is 0.582. The van der Waals surface area contributed by atoms with Gasteiger partial charge in [0.25, 0.3) is 0 Å². The number of carbonyl (C=O) groups excluding carboxylic acids is 1. The molecule has 1 aliphatic rings. The summed E-state index contributed by atoms with van der Waals surface area (Å²) in [5.74, 6) is 0.681. The Morgan fingerprint density at radius 1 is 1.47 bits per heavy atom. The topological polar surface area (TPSA) is 84.6 Å². The third-order valence-corrected chi connectivity index (χ3v) is 3.43. The van der Waals surface area contributed by atoms with Crippen molar-refractivity contribution in [1.82, 2.24) is 5.32 Å². The van der Waals surface area contributed by atoms with Gasteiger partial charge in [-0.05, 0) is 36.5 Å². The minimum absolute atomic E-state index is 0.153. The van der Waals surface area contributed by atoms with Gasteiger partial charge in [0.05, 0.1) is 7.11 Å². The number of nitrogens with one attached hydrogen (secondary N) is 1. The Balaban J connectivity index is 2.00. The first-order valence-corrected chi connectivity index (χ1v) is 6.46. The average Bonchev–Trinajstić information content (AvgIpc) is 3.24. The summed E-state index contributed by atoms with van der Waals surface area (Å²) in [7, 11) is 1.63. The number of carbonyl (C=O) groups is 1. The van der Waals surface area contributed by atoms with Gasteiger partial charge in [0.2, 0.25) is 5.91 Å². The normalized spacial score (nSPS) is 17.8. The highest BCUT2D eigenvalue weighted by molar-refractivity contribution is 5.78. The van der Waals surface area contributed by atoms with E-state index in [2.05, 4.69) is 5.32 Å². The highest BCUT2D eigenvalue weighted by atomic mass is 16.5. The van der Waals surface area contributed by atoms with Gasteiger partial charge in [0.15, 0.2) is 0 Å². The van der Waals surface area contributed by atoms with Crippen LogP contribution in [0.15, 0.2) is 24.3 Å². The van der Waals surface area contributed by atoms with Gasteiger partial charge in [0.1, 0.15) is 11.9 Å². The summed E-state index contributed by atoms with van der Waals surface area (Å²) in [6.45, 7) is 0.183. The molecule has 0 aliphatic heterocycles. The molecule has 1 aliphatic carbocycles. The minimum atomic E-state index is -1.14. The molecule has 1 fully saturated rings. The molecule has 0 spiro atoms. The summed E-state index contributed by atoms with van der Waals surface area (Å²) in [6, 6.07) is 7.99. The number of nitrogens with two attached hydrogens (primary N) is 1. The molecule has 0 bridgehead atoms. The van der Waals surface area contributed by atoms with Gasteiger partial charge in [0, 0.05) is 12.6 Å². The smallest absolute Gasteiger partial charge is 0.247 e. The van der Waals surface area contributed by atoms with Crippen molar-refractivity contribution in [3.8, 4) is 5.75 Å². The van der Waals surface area contributed by atoms with Crippen LogP contribution < -0.4 is 15.8 Å². The Morgan fingerprint density at radius 3 is 2.58 bits per heavy atom. The van der Waals surface area contributed by atoms with Crippen LogP contribution in [-0.2, 0) is 4.79 Å². The molecule has 1 saturated carbocycles. The number of aliphatic hydroxyl groups is 1. The van der Waals surface area contributed by atoms with Crippen LogP contribution in [0.3, 0.4) is 0 Å². The maximum atomic E-state index is 10.8. The van der Waals surface area contributed by atoms with Crippen LogP contribution in [0.25, 0.3) is 0 Å². The van der Waals surface area contributed by atoms with E-state index in [1.165, 1.54) is 0 Å². The van der Waals surface area contributed by atoms with Gasteiger partial charge >= 0.3 is 0 Å². The maximum absolute atomic E-state index is 10.8. The summed E-state index contributed by atoms with van der Waals surface area (Å²) < 4.78 is 5.13. The summed E-state index contributed by atoms with van der Waals surface area (Å²) in [5, 5.41) is 12.7. The van der Waals surface area contributed by atoms with Gasteiger partial charge < -0.3 is 20.9 Å².